The molecule has 1 aliphatic carbocycles. The van der Waals surface area contributed by atoms with Crippen LogP contribution in [0.3, 0.4) is 0 Å². The molecule has 1 atom stereocenters. The van der Waals surface area contributed by atoms with Gasteiger partial charge in [-0.1, -0.05) is 24.3 Å². The molecule has 2 aromatic carbocycles. The van der Waals surface area contributed by atoms with E-state index in [0.717, 1.165) is 12.8 Å². The van der Waals surface area contributed by atoms with Gasteiger partial charge in [-0.05, 0) is 50.5 Å². The first-order valence-corrected chi connectivity index (χ1v) is 10.3. The summed E-state index contributed by atoms with van der Waals surface area (Å²) in [5, 5.41) is 0. The molecule has 7 heteroatoms. The fraction of sp³-hybridized carbons (Fsp3) is 0.350. The van der Waals surface area contributed by atoms with Gasteiger partial charge in [-0.3, -0.25) is 4.79 Å². The van der Waals surface area contributed by atoms with Crippen molar-refractivity contribution in [2.45, 2.75) is 43.7 Å². The highest BCUT2D eigenvalue weighted by Crippen LogP contribution is 2.26. The van der Waals surface area contributed by atoms with Gasteiger partial charge in [0, 0.05) is 24.2 Å². The lowest BCUT2D eigenvalue weighted by Crippen LogP contribution is -2.31. The number of sulfonamides is 1. The Balaban J connectivity index is 1.89. The Morgan fingerprint density at radius 2 is 1.89 bits per heavy atom. The third-order valence-electron chi connectivity index (χ3n) is 4.91. The van der Waals surface area contributed by atoms with Crippen LogP contribution in [0.25, 0.3) is 0 Å². The van der Waals surface area contributed by atoms with E-state index in [-0.39, 0.29) is 22.7 Å². The van der Waals surface area contributed by atoms with E-state index >= 15 is 0 Å². The zero-order valence-corrected chi connectivity index (χ0v) is 16.4. The second kappa shape index (κ2) is 7.40. The SMILES string of the molecule is Cc1ccc(S(=O)(=O)NC2CC2)cc1C(=O)N(C)C(C)c1ccccc1F. The Kier molecular flexibility index (Phi) is 5.35. The Morgan fingerprint density at radius 3 is 2.52 bits per heavy atom. The summed E-state index contributed by atoms with van der Waals surface area (Å²) in [6.45, 7) is 3.49. The largest absolute Gasteiger partial charge is 0.335 e. The standard InChI is InChI=1S/C20H23FN2O3S/c1-13-8-11-16(27(25,26)22-15-9-10-15)12-18(13)20(24)23(3)14(2)17-6-4-5-7-19(17)21/h4-8,11-12,14-15,22H,9-10H2,1-3H3. The first kappa shape index (κ1) is 19.5. The summed E-state index contributed by atoms with van der Waals surface area (Å²) in [4.78, 5) is 14.5. The van der Waals surface area contributed by atoms with E-state index in [4.69, 9.17) is 0 Å². The molecule has 0 aliphatic heterocycles. The second-order valence-corrected chi connectivity index (χ2v) is 8.70. The maximum Gasteiger partial charge on any atom is 0.254 e. The number of carbonyl (C=O) groups is 1. The molecule has 1 amide bonds. The molecule has 0 spiro atoms. The highest BCUT2D eigenvalue weighted by atomic mass is 32.2. The van der Waals surface area contributed by atoms with E-state index in [2.05, 4.69) is 4.72 Å². The molecule has 27 heavy (non-hydrogen) atoms. The summed E-state index contributed by atoms with van der Waals surface area (Å²) in [6.07, 6.45) is 1.67. The first-order valence-electron chi connectivity index (χ1n) is 8.85. The van der Waals surface area contributed by atoms with E-state index in [1.165, 1.54) is 23.1 Å². The van der Waals surface area contributed by atoms with Crippen molar-refractivity contribution in [2.24, 2.45) is 0 Å². The monoisotopic (exact) mass is 390 g/mol. The minimum absolute atomic E-state index is 0.0146. The van der Waals surface area contributed by atoms with Crippen molar-refractivity contribution in [3.63, 3.8) is 0 Å². The Hall–Kier alpha value is -2.25. The molecule has 0 aromatic heterocycles. The Labute approximate surface area is 159 Å². The topological polar surface area (TPSA) is 66.5 Å². The van der Waals surface area contributed by atoms with Gasteiger partial charge in [-0.2, -0.15) is 0 Å². The number of carbonyl (C=O) groups excluding carboxylic acids is 1. The van der Waals surface area contributed by atoms with Crippen LogP contribution in [0, 0.1) is 12.7 Å². The normalized spacial score (nSPS) is 15.4. The zero-order chi connectivity index (χ0) is 19.8. The lowest BCUT2D eigenvalue weighted by atomic mass is 10.0. The number of halogens is 1. The molecular weight excluding hydrogens is 367 g/mol. The van der Waals surface area contributed by atoms with Crippen molar-refractivity contribution >= 4 is 15.9 Å². The third-order valence-corrected chi connectivity index (χ3v) is 6.42. The maximum atomic E-state index is 14.1. The summed E-state index contributed by atoms with van der Waals surface area (Å²) in [7, 11) is -2.07. The van der Waals surface area contributed by atoms with Gasteiger partial charge in [-0.15, -0.1) is 0 Å². The van der Waals surface area contributed by atoms with E-state index in [9.17, 15) is 17.6 Å². The number of hydrogen-bond donors (Lipinski definition) is 1. The number of amides is 1. The molecule has 1 fully saturated rings. The summed E-state index contributed by atoms with van der Waals surface area (Å²) in [6, 6.07) is 10.3. The van der Waals surface area contributed by atoms with Crippen LogP contribution in [0.1, 0.15) is 47.3 Å². The molecule has 2 aromatic rings. The van der Waals surface area contributed by atoms with Gasteiger partial charge >= 0.3 is 0 Å². The van der Waals surface area contributed by atoms with E-state index in [1.807, 2.05) is 0 Å². The Bertz CT molecular complexity index is 971. The molecule has 0 radical (unpaired) electrons. The predicted molar refractivity (Wildman–Crippen MR) is 101 cm³/mol. The van der Waals surface area contributed by atoms with Crippen LogP contribution < -0.4 is 4.72 Å². The number of benzene rings is 2. The molecule has 1 N–H and O–H groups in total. The number of aryl methyl sites for hydroxylation is 1. The summed E-state index contributed by atoms with van der Waals surface area (Å²) in [5.41, 5.74) is 1.36. The lowest BCUT2D eigenvalue weighted by Gasteiger charge is -2.26. The van der Waals surface area contributed by atoms with Crippen molar-refractivity contribution in [3.8, 4) is 0 Å². The van der Waals surface area contributed by atoms with Crippen LogP contribution in [0.5, 0.6) is 0 Å². The number of nitrogens with zero attached hydrogens (tertiary/aromatic N) is 1. The molecule has 0 heterocycles. The molecule has 1 aliphatic rings. The Morgan fingerprint density at radius 1 is 1.22 bits per heavy atom. The fourth-order valence-corrected chi connectivity index (χ4v) is 4.21. The van der Waals surface area contributed by atoms with Gasteiger partial charge in [-0.25, -0.2) is 17.5 Å². The van der Waals surface area contributed by atoms with Crippen LogP contribution >= 0.6 is 0 Å². The predicted octanol–water partition coefficient (Wildman–Crippen LogP) is 3.41. The molecule has 3 rings (SSSR count). The molecule has 0 bridgehead atoms. The van der Waals surface area contributed by atoms with E-state index in [1.54, 1.807) is 45.2 Å². The van der Waals surface area contributed by atoms with Crippen molar-refractivity contribution in [1.82, 2.24) is 9.62 Å². The molecule has 144 valence electrons. The van der Waals surface area contributed by atoms with Crippen LogP contribution in [-0.2, 0) is 10.0 Å². The molecule has 0 saturated heterocycles. The molecule has 1 saturated carbocycles. The van der Waals surface area contributed by atoms with Crippen molar-refractivity contribution < 1.29 is 17.6 Å². The lowest BCUT2D eigenvalue weighted by molar-refractivity contribution is 0.0739. The number of nitrogens with one attached hydrogen (secondary N) is 1. The average molecular weight is 390 g/mol. The van der Waals surface area contributed by atoms with E-state index < -0.39 is 16.1 Å². The van der Waals surface area contributed by atoms with Gasteiger partial charge in [0.05, 0.1) is 10.9 Å². The van der Waals surface area contributed by atoms with Gasteiger partial charge in [0.15, 0.2) is 0 Å². The van der Waals surface area contributed by atoms with Crippen LogP contribution in [0.15, 0.2) is 47.4 Å². The smallest absolute Gasteiger partial charge is 0.254 e. The fourth-order valence-electron chi connectivity index (χ4n) is 2.88. The number of hydrogen-bond acceptors (Lipinski definition) is 3. The number of rotatable bonds is 6. The quantitative estimate of drug-likeness (QED) is 0.822. The summed E-state index contributed by atoms with van der Waals surface area (Å²) in [5.74, 6) is -0.738. The minimum atomic E-state index is -3.66. The van der Waals surface area contributed by atoms with Crippen LogP contribution in [0.2, 0.25) is 0 Å². The van der Waals surface area contributed by atoms with Crippen molar-refractivity contribution in [3.05, 3.63) is 65.0 Å². The second-order valence-electron chi connectivity index (χ2n) is 6.99. The zero-order valence-electron chi connectivity index (χ0n) is 15.6. The highest BCUT2D eigenvalue weighted by molar-refractivity contribution is 7.89. The molecule has 5 nitrogen and oxygen atoms in total. The van der Waals surface area contributed by atoms with Crippen molar-refractivity contribution in [2.75, 3.05) is 7.05 Å². The minimum Gasteiger partial charge on any atom is -0.335 e. The first-order chi connectivity index (χ1) is 12.7. The highest BCUT2D eigenvalue weighted by Gasteiger charge is 2.29. The van der Waals surface area contributed by atoms with Crippen molar-refractivity contribution in [1.29, 1.82) is 0 Å². The average Bonchev–Trinajstić information content (AvgIpc) is 3.44. The van der Waals surface area contributed by atoms with Gasteiger partial charge in [0.2, 0.25) is 10.0 Å². The van der Waals surface area contributed by atoms with Gasteiger partial charge in [0.25, 0.3) is 5.91 Å². The molecular formula is C20H23FN2O3S. The van der Waals surface area contributed by atoms with Gasteiger partial charge in [0.1, 0.15) is 5.82 Å². The molecule has 1 unspecified atom stereocenters. The maximum absolute atomic E-state index is 14.1. The van der Waals surface area contributed by atoms with Crippen LogP contribution in [-0.4, -0.2) is 32.3 Å². The summed E-state index contributed by atoms with van der Waals surface area (Å²) < 4.78 is 41.6. The third kappa shape index (κ3) is 4.20. The summed E-state index contributed by atoms with van der Waals surface area (Å²) >= 11 is 0. The van der Waals surface area contributed by atoms with E-state index in [0.29, 0.717) is 16.7 Å². The van der Waals surface area contributed by atoms with Crippen LogP contribution in [0.4, 0.5) is 4.39 Å². The van der Waals surface area contributed by atoms with Gasteiger partial charge < -0.3 is 4.90 Å².